The van der Waals surface area contributed by atoms with Gasteiger partial charge in [0.1, 0.15) is 5.82 Å². The number of alkyl halides is 3. The van der Waals surface area contributed by atoms with Crippen LogP contribution in [0.5, 0.6) is 0 Å². The van der Waals surface area contributed by atoms with Crippen LogP contribution in [-0.4, -0.2) is 33.4 Å². The molecule has 0 radical (unpaired) electrons. The zero-order chi connectivity index (χ0) is 19.0. The minimum atomic E-state index is -4.79. The highest BCUT2D eigenvalue weighted by Gasteiger charge is 2.39. The van der Waals surface area contributed by atoms with Crippen molar-refractivity contribution in [2.45, 2.75) is 32.5 Å². The Labute approximate surface area is 141 Å². The summed E-state index contributed by atoms with van der Waals surface area (Å²) in [5.41, 5.74) is -2.35. The van der Waals surface area contributed by atoms with Crippen molar-refractivity contribution in [3.05, 3.63) is 36.2 Å². The van der Waals surface area contributed by atoms with Gasteiger partial charge in [-0.3, -0.25) is 9.88 Å². The van der Waals surface area contributed by atoms with Crippen LogP contribution in [0.15, 0.2) is 24.7 Å². The second-order valence-corrected chi connectivity index (χ2v) is 6.41. The molecular weight excluding hydrogens is 342 g/mol. The van der Waals surface area contributed by atoms with Crippen LogP contribution in [0, 0.1) is 5.82 Å². The first-order chi connectivity index (χ1) is 11.4. The van der Waals surface area contributed by atoms with Crippen molar-refractivity contribution in [3.8, 4) is 5.69 Å². The average molecular weight is 359 g/mol. The van der Waals surface area contributed by atoms with Gasteiger partial charge in [-0.15, -0.1) is 0 Å². The van der Waals surface area contributed by atoms with Crippen LogP contribution in [0.3, 0.4) is 0 Å². The summed E-state index contributed by atoms with van der Waals surface area (Å²) in [5, 5.41) is 6.02. The molecule has 0 saturated heterocycles. The fourth-order valence-corrected chi connectivity index (χ4v) is 1.98. The summed E-state index contributed by atoms with van der Waals surface area (Å²) < 4.78 is 54.0. The monoisotopic (exact) mass is 359 g/mol. The molecule has 0 unspecified atom stereocenters. The first kappa shape index (κ1) is 18.7. The van der Waals surface area contributed by atoms with Crippen molar-refractivity contribution in [2.75, 3.05) is 11.9 Å². The van der Waals surface area contributed by atoms with Gasteiger partial charge in [-0.05, 0) is 20.8 Å². The molecule has 0 aliphatic rings. The number of carbonyl (C=O) groups excluding carboxylic acids is 1. The van der Waals surface area contributed by atoms with E-state index in [0.717, 1.165) is 34.2 Å². The lowest BCUT2D eigenvalue weighted by molar-refractivity contribution is -0.140. The molecule has 2 amide bonds. The minimum Gasteiger partial charge on any atom is -0.333 e. The molecule has 2 aromatic rings. The number of pyridine rings is 1. The van der Waals surface area contributed by atoms with E-state index < -0.39 is 34.9 Å². The Kier molecular flexibility index (Phi) is 4.74. The van der Waals surface area contributed by atoms with Gasteiger partial charge in [0.15, 0.2) is 5.69 Å². The summed E-state index contributed by atoms with van der Waals surface area (Å²) in [6, 6.07) is 0.258. The van der Waals surface area contributed by atoms with Crippen LogP contribution in [0.25, 0.3) is 5.69 Å². The van der Waals surface area contributed by atoms with Crippen LogP contribution in [0.4, 0.5) is 28.0 Å². The largest absolute Gasteiger partial charge is 0.437 e. The lowest BCUT2D eigenvalue weighted by atomic mass is 10.1. The van der Waals surface area contributed by atoms with Crippen molar-refractivity contribution < 1.29 is 22.4 Å². The number of hydrogen-bond donors (Lipinski definition) is 1. The number of carbonyl (C=O) groups is 1. The molecule has 25 heavy (non-hydrogen) atoms. The average Bonchev–Trinajstić information content (AvgIpc) is 2.89. The topological polar surface area (TPSA) is 63.1 Å². The molecule has 136 valence electrons. The maximum Gasteiger partial charge on any atom is 0.437 e. The van der Waals surface area contributed by atoms with Gasteiger partial charge >= 0.3 is 12.2 Å². The maximum atomic E-state index is 13.3. The van der Waals surface area contributed by atoms with Crippen molar-refractivity contribution in [1.29, 1.82) is 0 Å². The summed E-state index contributed by atoms with van der Waals surface area (Å²) in [4.78, 5) is 16.6. The first-order valence-corrected chi connectivity index (χ1v) is 7.22. The third-order valence-electron chi connectivity index (χ3n) is 3.07. The molecule has 0 atom stereocenters. The lowest BCUT2D eigenvalue weighted by Gasteiger charge is -2.25. The Bertz CT molecular complexity index is 779. The molecule has 0 aliphatic heterocycles. The van der Waals surface area contributed by atoms with Gasteiger partial charge in [0, 0.05) is 18.7 Å². The fourth-order valence-electron chi connectivity index (χ4n) is 1.98. The van der Waals surface area contributed by atoms with Gasteiger partial charge in [-0.2, -0.15) is 18.3 Å². The van der Waals surface area contributed by atoms with E-state index in [1.807, 2.05) is 0 Å². The number of amides is 2. The van der Waals surface area contributed by atoms with Crippen LogP contribution in [0.2, 0.25) is 0 Å². The van der Waals surface area contributed by atoms with Crippen molar-refractivity contribution in [2.24, 2.45) is 0 Å². The predicted molar refractivity (Wildman–Crippen MR) is 83.0 cm³/mol. The van der Waals surface area contributed by atoms with Crippen molar-refractivity contribution >= 4 is 11.7 Å². The van der Waals surface area contributed by atoms with Crippen molar-refractivity contribution in [1.82, 2.24) is 20.1 Å². The van der Waals surface area contributed by atoms with E-state index in [1.165, 1.54) is 7.05 Å². The molecule has 0 spiro atoms. The molecule has 0 aliphatic carbocycles. The number of aromatic nitrogens is 3. The molecular formula is C15H17F4N5O. The van der Waals surface area contributed by atoms with Gasteiger partial charge in [0.2, 0.25) is 0 Å². The molecule has 2 aromatic heterocycles. The molecule has 6 nitrogen and oxygen atoms in total. The number of hydrogen-bond acceptors (Lipinski definition) is 3. The van der Waals surface area contributed by atoms with Gasteiger partial charge in [-0.1, -0.05) is 0 Å². The smallest absolute Gasteiger partial charge is 0.333 e. The Hall–Kier alpha value is -2.65. The third kappa shape index (κ3) is 4.46. The SMILES string of the molecule is CN(C(=O)NC(C)(C)C)c1cn(-c2cncc(F)c2)nc1C(F)(F)F. The molecule has 0 fully saturated rings. The summed E-state index contributed by atoms with van der Waals surface area (Å²) >= 11 is 0. The minimum absolute atomic E-state index is 0.00128. The summed E-state index contributed by atoms with van der Waals surface area (Å²) in [7, 11) is 1.20. The van der Waals surface area contributed by atoms with E-state index in [4.69, 9.17) is 0 Å². The Balaban J connectivity index is 2.48. The maximum absolute atomic E-state index is 13.3. The zero-order valence-corrected chi connectivity index (χ0v) is 14.0. The molecule has 2 heterocycles. The third-order valence-corrected chi connectivity index (χ3v) is 3.07. The van der Waals surface area contributed by atoms with Gasteiger partial charge in [0.05, 0.1) is 30.0 Å². The van der Waals surface area contributed by atoms with Crippen LogP contribution < -0.4 is 10.2 Å². The highest BCUT2D eigenvalue weighted by atomic mass is 19.4. The van der Waals surface area contributed by atoms with Crippen LogP contribution >= 0.6 is 0 Å². The number of halogens is 4. The number of rotatable bonds is 2. The zero-order valence-electron chi connectivity index (χ0n) is 14.0. The second-order valence-electron chi connectivity index (χ2n) is 6.41. The molecule has 0 bridgehead atoms. The van der Waals surface area contributed by atoms with E-state index in [0.29, 0.717) is 0 Å². The van der Waals surface area contributed by atoms with E-state index in [1.54, 1.807) is 20.8 Å². The Morgan fingerprint density at radius 3 is 2.40 bits per heavy atom. The lowest BCUT2D eigenvalue weighted by Crippen LogP contribution is -2.47. The highest BCUT2D eigenvalue weighted by Crippen LogP contribution is 2.36. The quantitative estimate of drug-likeness (QED) is 0.837. The summed E-state index contributed by atoms with van der Waals surface area (Å²) in [6.45, 7) is 5.10. The molecule has 2 rings (SSSR count). The first-order valence-electron chi connectivity index (χ1n) is 7.22. The Morgan fingerprint density at radius 1 is 1.24 bits per heavy atom. The van der Waals surface area contributed by atoms with E-state index in [9.17, 15) is 22.4 Å². The highest BCUT2D eigenvalue weighted by molar-refractivity contribution is 5.92. The summed E-state index contributed by atoms with van der Waals surface area (Å²) in [5.74, 6) is -0.720. The second kappa shape index (κ2) is 6.34. The number of anilines is 1. The molecule has 1 N–H and O–H groups in total. The van der Waals surface area contributed by atoms with Gasteiger partial charge in [0.25, 0.3) is 0 Å². The van der Waals surface area contributed by atoms with Crippen LogP contribution in [-0.2, 0) is 6.18 Å². The van der Waals surface area contributed by atoms with Crippen LogP contribution in [0.1, 0.15) is 26.5 Å². The number of nitrogens with one attached hydrogen (secondary N) is 1. The normalized spacial score (nSPS) is 12.2. The van der Waals surface area contributed by atoms with Gasteiger partial charge < -0.3 is 5.32 Å². The fraction of sp³-hybridized carbons (Fsp3) is 0.400. The molecule has 0 saturated carbocycles. The standard InChI is InChI=1S/C15H17F4N5O/c1-14(2,3)21-13(25)23(4)11-8-24(22-12(11)15(17,18)19)10-5-9(16)6-20-7-10/h5-8H,1-4H3,(H,21,25). The van der Waals surface area contributed by atoms with Crippen molar-refractivity contribution in [3.63, 3.8) is 0 Å². The van der Waals surface area contributed by atoms with Gasteiger partial charge in [-0.25, -0.2) is 13.9 Å². The van der Waals surface area contributed by atoms with E-state index in [-0.39, 0.29) is 5.69 Å². The van der Waals surface area contributed by atoms with E-state index in [2.05, 4.69) is 15.4 Å². The number of urea groups is 1. The predicted octanol–water partition coefficient (Wildman–Crippen LogP) is 3.37. The molecule has 10 heteroatoms. The molecule has 0 aromatic carbocycles. The van der Waals surface area contributed by atoms with E-state index >= 15 is 0 Å². The Morgan fingerprint density at radius 2 is 1.88 bits per heavy atom. The number of nitrogens with zero attached hydrogens (tertiary/aromatic N) is 4. The summed E-state index contributed by atoms with van der Waals surface area (Å²) in [6.07, 6.45) is -1.71.